The molecule has 1 fully saturated rings. The highest BCUT2D eigenvalue weighted by molar-refractivity contribution is 8.00. The van der Waals surface area contributed by atoms with E-state index in [-0.39, 0.29) is 0 Å². The van der Waals surface area contributed by atoms with Gasteiger partial charge in [0.15, 0.2) is 0 Å². The van der Waals surface area contributed by atoms with Crippen molar-refractivity contribution in [3.63, 3.8) is 0 Å². The molecule has 0 amide bonds. The number of rotatable bonds is 3. The first-order valence-electron chi connectivity index (χ1n) is 6.24. The molecule has 1 aliphatic carbocycles. The van der Waals surface area contributed by atoms with Gasteiger partial charge in [-0.1, -0.05) is 12.1 Å². The average molecular weight is 274 g/mol. The van der Waals surface area contributed by atoms with Gasteiger partial charge in [-0.25, -0.2) is 0 Å². The van der Waals surface area contributed by atoms with Gasteiger partial charge in [-0.15, -0.1) is 11.8 Å². The molecule has 98 valence electrons. The predicted octanol–water partition coefficient (Wildman–Crippen LogP) is 2.29. The van der Waals surface area contributed by atoms with Crippen LogP contribution in [0.25, 0.3) is 11.1 Å². The quantitative estimate of drug-likeness (QED) is 0.844. The van der Waals surface area contributed by atoms with E-state index in [1.54, 1.807) is 6.20 Å². The van der Waals surface area contributed by atoms with Crippen LogP contribution < -0.4 is 11.0 Å². The van der Waals surface area contributed by atoms with Gasteiger partial charge >= 0.3 is 5.56 Å². The highest BCUT2D eigenvalue weighted by Crippen LogP contribution is 2.41. The van der Waals surface area contributed by atoms with Gasteiger partial charge in [-0.05, 0) is 37.0 Å². The minimum Gasteiger partial charge on any atom is -0.305 e. The maximum absolute atomic E-state index is 11.9. The Kier molecular flexibility index (Phi) is 3.06. The van der Waals surface area contributed by atoms with Crippen LogP contribution in [0.2, 0.25) is 0 Å². The fraction of sp³-hybridized carbons (Fsp3) is 0.286. The van der Waals surface area contributed by atoms with Crippen molar-refractivity contribution in [3.05, 3.63) is 50.5 Å². The molecule has 5 heteroatoms. The smallest absolute Gasteiger partial charge is 0.305 e. The van der Waals surface area contributed by atoms with Gasteiger partial charge in [0, 0.05) is 16.3 Å². The highest BCUT2D eigenvalue weighted by atomic mass is 32.2. The van der Waals surface area contributed by atoms with Crippen LogP contribution in [0, 0.1) is 6.92 Å². The number of aromatic nitrogens is 2. The third-order valence-corrected chi connectivity index (χ3v) is 4.75. The fourth-order valence-corrected chi connectivity index (χ4v) is 3.19. The van der Waals surface area contributed by atoms with Crippen molar-refractivity contribution >= 4 is 11.8 Å². The van der Waals surface area contributed by atoms with Gasteiger partial charge in [0.1, 0.15) is 0 Å². The number of benzene rings is 1. The van der Waals surface area contributed by atoms with Crippen LogP contribution >= 0.6 is 11.8 Å². The molecule has 1 heterocycles. The van der Waals surface area contributed by atoms with Crippen LogP contribution in [-0.4, -0.2) is 15.4 Å². The number of thioether (sulfide) groups is 1. The molecule has 0 unspecified atom stereocenters. The zero-order valence-electron chi connectivity index (χ0n) is 10.5. The second-order valence-corrected chi connectivity index (χ2v) is 6.07. The highest BCUT2D eigenvalue weighted by Gasteiger charge is 2.23. The van der Waals surface area contributed by atoms with Crippen LogP contribution in [0.15, 0.2) is 38.9 Å². The minimum absolute atomic E-state index is 0.430. The molecule has 1 aromatic heterocycles. The molecule has 0 radical (unpaired) electrons. The van der Waals surface area contributed by atoms with Crippen molar-refractivity contribution in [1.29, 1.82) is 0 Å². The van der Waals surface area contributed by atoms with Crippen molar-refractivity contribution in [2.24, 2.45) is 0 Å². The second kappa shape index (κ2) is 4.74. The standard InChI is InChI=1S/C14H14N2O2S/c1-8-10(11-7-15-16-14(18)13(11)17)3-2-4-12(8)19-9-5-6-9/h2-4,7,9H,5-6H2,1H3,(H,15,17)(H,16,18). The van der Waals surface area contributed by atoms with Gasteiger partial charge in [-0.3, -0.25) is 14.7 Å². The van der Waals surface area contributed by atoms with Crippen molar-refractivity contribution < 1.29 is 0 Å². The molecule has 0 atom stereocenters. The zero-order chi connectivity index (χ0) is 13.4. The van der Waals surface area contributed by atoms with Gasteiger partial charge in [-0.2, -0.15) is 0 Å². The van der Waals surface area contributed by atoms with Crippen LogP contribution in [0.4, 0.5) is 0 Å². The summed E-state index contributed by atoms with van der Waals surface area (Å²) in [6, 6.07) is 5.90. The van der Waals surface area contributed by atoms with E-state index in [2.05, 4.69) is 16.3 Å². The summed E-state index contributed by atoms with van der Waals surface area (Å²) >= 11 is 1.86. The lowest BCUT2D eigenvalue weighted by Gasteiger charge is -2.10. The van der Waals surface area contributed by atoms with E-state index in [0.29, 0.717) is 10.8 Å². The Morgan fingerprint density at radius 3 is 2.74 bits per heavy atom. The lowest BCUT2D eigenvalue weighted by atomic mass is 10.0. The van der Waals surface area contributed by atoms with Crippen molar-refractivity contribution in [3.8, 4) is 11.1 Å². The van der Waals surface area contributed by atoms with Gasteiger partial charge in [0.2, 0.25) is 0 Å². The third-order valence-electron chi connectivity index (χ3n) is 3.25. The Balaban J connectivity index is 2.11. The number of hydrogen-bond donors (Lipinski definition) is 2. The molecule has 2 aromatic rings. The molecule has 2 N–H and O–H groups in total. The molecule has 1 aromatic carbocycles. The summed E-state index contributed by atoms with van der Waals surface area (Å²) in [5.74, 6) is 0. The van der Waals surface area contributed by atoms with Crippen molar-refractivity contribution in [2.45, 2.75) is 29.9 Å². The van der Waals surface area contributed by atoms with E-state index in [9.17, 15) is 9.59 Å². The summed E-state index contributed by atoms with van der Waals surface area (Å²) < 4.78 is 0. The Morgan fingerprint density at radius 1 is 1.21 bits per heavy atom. The number of hydrogen-bond acceptors (Lipinski definition) is 3. The van der Waals surface area contributed by atoms with E-state index >= 15 is 0 Å². The monoisotopic (exact) mass is 274 g/mol. The molecular formula is C14H14N2O2S. The fourth-order valence-electron chi connectivity index (χ4n) is 2.02. The molecule has 1 aliphatic rings. The number of H-pyrrole nitrogens is 2. The number of aromatic amines is 2. The summed E-state index contributed by atoms with van der Waals surface area (Å²) in [5, 5.41) is 5.63. The Morgan fingerprint density at radius 2 is 2.00 bits per heavy atom. The van der Waals surface area contributed by atoms with Crippen molar-refractivity contribution in [1.82, 2.24) is 10.2 Å². The molecular weight excluding hydrogens is 260 g/mol. The average Bonchev–Trinajstić information content (AvgIpc) is 3.20. The van der Waals surface area contributed by atoms with Crippen LogP contribution in [0.1, 0.15) is 18.4 Å². The van der Waals surface area contributed by atoms with Crippen molar-refractivity contribution in [2.75, 3.05) is 0 Å². The SMILES string of the molecule is Cc1c(SC2CC2)cccc1-c1c[nH][nH]c(=O)c1=O. The van der Waals surface area contributed by atoms with E-state index in [4.69, 9.17) is 0 Å². The first-order valence-corrected chi connectivity index (χ1v) is 7.12. The first-order chi connectivity index (χ1) is 9.16. The molecule has 0 saturated heterocycles. The van der Waals surface area contributed by atoms with Gasteiger partial charge < -0.3 is 5.10 Å². The molecule has 0 bridgehead atoms. The third kappa shape index (κ3) is 2.38. The molecule has 3 rings (SSSR count). The summed E-state index contributed by atoms with van der Waals surface area (Å²) in [5.41, 5.74) is 1.22. The Bertz CT molecular complexity index is 729. The van der Waals surface area contributed by atoms with E-state index in [0.717, 1.165) is 11.1 Å². The summed E-state index contributed by atoms with van der Waals surface area (Å²) in [6.07, 6.45) is 4.08. The van der Waals surface area contributed by atoms with E-state index in [1.807, 2.05) is 30.8 Å². The molecule has 0 spiro atoms. The van der Waals surface area contributed by atoms with Crippen LogP contribution in [-0.2, 0) is 0 Å². The first kappa shape index (κ1) is 12.3. The van der Waals surface area contributed by atoms with E-state index in [1.165, 1.54) is 17.7 Å². The van der Waals surface area contributed by atoms with Crippen LogP contribution in [0.3, 0.4) is 0 Å². The molecule has 4 nitrogen and oxygen atoms in total. The lowest BCUT2D eigenvalue weighted by Crippen LogP contribution is -2.28. The molecule has 1 saturated carbocycles. The predicted molar refractivity (Wildman–Crippen MR) is 76.7 cm³/mol. The largest absolute Gasteiger partial charge is 0.310 e. The summed E-state index contributed by atoms with van der Waals surface area (Å²) in [7, 11) is 0. The van der Waals surface area contributed by atoms with E-state index < -0.39 is 11.0 Å². The Hall–Kier alpha value is -1.75. The normalized spacial score (nSPS) is 14.6. The minimum atomic E-state index is -0.614. The topological polar surface area (TPSA) is 65.7 Å². The summed E-state index contributed by atoms with van der Waals surface area (Å²) in [6.45, 7) is 2.00. The summed E-state index contributed by atoms with van der Waals surface area (Å²) in [4.78, 5) is 24.5. The van der Waals surface area contributed by atoms with Gasteiger partial charge in [0.05, 0.1) is 5.56 Å². The van der Waals surface area contributed by atoms with Crippen LogP contribution in [0.5, 0.6) is 0 Å². The maximum Gasteiger partial charge on any atom is 0.310 e. The molecule has 19 heavy (non-hydrogen) atoms. The van der Waals surface area contributed by atoms with Gasteiger partial charge in [0.25, 0.3) is 5.43 Å². The number of nitrogens with one attached hydrogen (secondary N) is 2. The second-order valence-electron chi connectivity index (χ2n) is 4.73. The zero-order valence-corrected chi connectivity index (χ0v) is 11.3. The lowest BCUT2D eigenvalue weighted by molar-refractivity contribution is 0.974. The molecule has 0 aliphatic heterocycles. The maximum atomic E-state index is 11.9. The Labute approximate surface area is 114 Å².